The fraction of sp³-hybridized carbons (Fsp3) is 0.267. The Bertz CT molecular complexity index is 777. The Morgan fingerprint density at radius 2 is 2.26 bits per heavy atom. The van der Waals surface area contributed by atoms with Gasteiger partial charge in [0.2, 0.25) is 5.91 Å². The van der Waals surface area contributed by atoms with Crippen molar-refractivity contribution < 1.29 is 14.0 Å². The molecule has 23 heavy (non-hydrogen) atoms. The van der Waals surface area contributed by atoms with Gasteiger partial charge in [-0.1, -0.05) is 11.6 Å². The van der Waals surface area contributed by atoms with Crippen molar-refractivity contribution in [2.24, 2.45) is 7.05 Å². The monoisotopic (exact) mass is 336 g/mol. The second kappa shape index (κ2) is 6.00. The summed E-state index contributed by atoms with van der Waals surface area (Å²) in [5.74, 6) is -1.22. The normalized spacial score (nSPS) is 17.6. The van der Waals surface area contributed by atoms with Crippen LogP contribution in [0.3, 0.4) is 0 Å². The van der Waals surface area contributed by atoms with Gasteiger partial charge in [-0.2, -0.15) is 5.10 Å². The Kier molecular flexibility index (Phi) is 4.04. The molecule has 8 heteroatoms. The maximum absolute atomic E-state index is 13.5. The summed E-state index contributed by atoms with van der Waals surface area (Å²) >= 11 is 5.65. The predicted molar refractivity (Wildman–Crippen MR) is 82.8 cm³/mol. The number of rotatable bonds is 3. The first-order valence-corrected chi connectivity index (χ1v) is 7.39. The lowest BCUT2D eigenvalue weighted by molar-refractivity contribution is -0.118. The van der Waals surface area contributed by atoms with Gasteiger partial charge in [-0.3, -0.25) is 14.3 Å². The quantitative estimate of drug-likeness (QED) is 0.928. The molecule has 2 amide bonds. The Balaban J connectivity index is 1.71. The third kappa shape index (κ3) is 3.05. The van der Waals surface area contributed by atoms with Crippen LogP contribution in [0, 0.1) is 5.82 Å². The topological polar surface area (TPSA) is 67.2 Å². The van der Waals surface area contributed by atoms with Gasteiger partial charge in [0, 0.05) is 25.5 Å². The molecule has 1 N–H and O–H groups in total. The van der Waals surface area contributed by atoms with Crippen LogP contribution < -0.4 is 10.2 Å². The molecule has 0 spiro atoms. The minimum Gasteiger partial charge on any atom is -0.340 e. The van der Waals surface area contributed by atoms with E-state index in [1.807, 2.05) is 0 Å². The summed E-state index contributed by atoms with van der Waals surface area (Å²) in [6.45, 7) is 0.401. The van der Waals surface area contributed by atoms with Crippen molar-refractivity contribution in [3.05, 3.63) is 47.0 Å². The van der Waals surface area contributed by atoms with Crippen LogP contribution in [0.15, 0.2) is 30.6 Å². The highest BCUT2D eigenvalue weighted by atomic mass is 35.5. The first-order valence-electron chi connectivity index (χ1n) is 7.01. The van der Waals surface area contributed by atoms with Gasteiger partial charge in [-0.15, -0.1) is 0 Å². The molecular formula is C15H14ClFN4O2. The Morgan fingerprint density at radius 1 is 1.48 bits per heavy atom. The van der Waals surface area contributed by atoms with Crippen LogP contribution >= 0.6 is 11.6 Å². The first-order chi connectivity index (χ1) is 11.0. The number of carbonyl (C=O) groups excluding carboxylic acids is 2. The standard InChI is InChI=1S/C15H14ClFN4O2/c1-20-8-9(7-18-20)14(22)19-13-4-5-21(15(13)23)10-2-3-11(16)12(17)6-10/h2-3,6-8,13H,4-5H2,1H3,(H,19,22)/t13-/m1/s1. The molecule has 0 unspecified atom stereocenters. The highest BCUT2D eigenvalue weighted by Crippen LogP contribution is 2.25. The van der Waals surface area contributed by atoms with Gasteiger partial charge in [0.1, 0.15) is 11.9 Å². The van der Waals surface area contributed by atoms with E-state index < -0.39 is 11.9 Å². The highest BCUT2D eigenvalue weighted by molar-refractivity contribution is 6.30. The molecule has 1 aliphatic rings. The van der Waals surface area contributed by atoms with Crippen molar-refractivity contribution in [3.8, 4) is 0 Å². The average molecular weight is 337 g/mol. The fourth-order valence-corrected chi connectivity index (χ4v) is 2.62. The lowest BCUT2D eigenvalue weighted by Crippen LogP contribution is -2.41. The Morgan fingerprint density at radius 3 is 2.91 bits per heavy atom. The third-order valence-electron chi connectivity index (χ3n) is 3.69. The van der Waals surface area contributed by atoms with Crippen LogP contribution in [0.5, 0.6) is 0 Å². The molecule has 0 bridgehead atoms. The van der Waals surface area contributed by atoms with Gasteiger partial charge < -0.3 is 10.2 Å². The third-order valence-corrected chi connectivity index (χ3v) is 4.00. The molecule has 0 saturated carbocycles. The number of aromatic nitrogens is 2. The molecule has 2 heterocycles. The number of nitrogens with one attached hydrogen (secondary N) is 1. The summed E-state index contributed by atoms with van der Waals surface area (Å²) in [4.78, 5) is 25.9. The van der Waals surface area contributed by atoms with E-state index in [1.54, 1.807) is 19.3 Å². The molecule has 2 aromatic rings. The Labute approximate surface area is 136 Å². The maximum Gasteiger partial charge on any atom is 0.255 e. The van der Waals surface area contributed by atoms with Crippen molar-refractivity contribution >= 4 is 29.1 Å². The SMILES string of the molecule is Cn1cc(C(=O)N[C@@H]2CCN(c3ccc(Cl)c(F)c3)C2=O)cn1. The van der Waals surface area contributed by atoms with Crippen LogP contribution in [0.1, 0.15) is 16.8 Å². The second-order valence-electron chi connectivity index (χ2n) is 5.31. The highest BCUT2D eigenvalue weighted by Gasteiger charge is 2.34. The fourth-order valence-electron chi connectivity index (χ4n) is 2.50. The molecule has 0 aliphatic carbocycles. The molecule has 120 valence electrons. The molecule has 1 atom stereocenters. The van der Waals surface area contributed by atoms with Gasteiger partial charge in [0.25, 0.3) is 5.91 Å². The Hall–Kier alpha value is -2.41. The summed E-state index contributed by atoms with van der Waals surface area (Å²) in [5, 5.41) is 6.60. The van der Waals surface area contributed by atoms with Crippen molar-refractivity contribution in [3.63, 3.8) is 0 Å². The van der Waals surface area contributed by atoms with E-state index in [2.05, 4.69) is 10.4 Å². The van der Waals surface area contributed by atoms with E-state index in [0.717, 1.165) is 0 Å². The number of benzene rings is 1. The van der Waals surface area contributed by atoms with Crippen LogP contribution in [0.4, 0.5) is 10.1 Å². The van der Waals surface area contributed by atoms with E-state index in [4.69, 9.17) is 11.6 Å². The molecule has 1 aromatic carbocycles. The molecule has 1 aliphatic heterocycles. The van der Waals surface area contributed by atoms with Gasteiger partial charge in [0.05, 0.1) is 16.8 Å². The maximum atomic E-state index is 13.5. The predicted octanol–water partition coefficient (Wildman–Crippen LogP) is 1.75. The van der Waals surface area contributed by atoms with Crippen molar-refractivity contribution in [1.29, 1.82) is 0 Å². The van der Waals surface area contributed by atoms with Gasteiger partial charge in [0.15, 0.2) is 0 Å². The summed E-state index contributed by atoms with van der Waals surface area (Å²) in [5.41, 5.74) is 0.811. The molecular weight excluding hydrogens is 323 g/mol. The average Bonchev–Trinajstić information content (AvgIpc) is 3.09. The number of hydrogen-bond acceptors (Lipinski definition) is 3. The summed E-state index contributed by atoms with van der Waals surface area (Å²) < 4.78 is 15.0. The number of aryl methyl sites for hydroxylation is 1. The summed E-state index contributed by atoms with van der Waals surface area (Å²) in [6, 6.07) is 3.56. The molecule has 1 saturated heterocycles. The van der Waals surface area contributed by atoms with Gasteiger partial charge in [-0.05, 0) is 24.6 Å². The van der Waals surface area contributed by atoms with E-state index in [1.165, 1.54) is 27.9 Å². The molecule has 3 rings (SSSR count). The van der Waals surface area contributed by atoms with Crippen LogP contribution in [0.2, 0.25) is 5.02 Å². The lowest BCUT2D eigenvalue weighted by Gasteiger charge is -2.17. The molecule has 1 aromatic heterocycles. The zero-order chi connectivity index (χ0) is 16.6. The lowest BCUT2D eigenvalue weighted by atomic mass is 10.2. The van der Waals surface area contributed by atoms with E-state index in [0.29, 0.717) is 24.2 Å². The van der Waals surface area contributed by atoms with Crippen molar-refractivity contribution in [2.75, 3.05) is 11.4 Å². The van der Waals surface area contributed by atoms with Crippen molar-refractivity contribution in [1.82, 2.24) is 15.1 Å². The number of carbonyl (C=O) groups is 2. The zero-order valence-electron chi connectivity index (χ0n) is 12.3. The first kappa shape index (κ1) is 15.5. The van der Waals surface area contributed by atoms with Crippen LogP contribution in [-0.4, -0.2) is 34.2 Å². The second-order valence-corrected chi connectivity index (χ2v) is 5.71. The molecule has 0 radical (unpaired) electrons. The number of anilines is 1. The number of hydrogen-bond donors (Lipinski definition) is 1. The summed E-state index contributed by atoms with van der Waals surface area (Å²) in [7, 11) is 1.70. The van der Waals surface area contributed by atoms with E-state index in [9.17, 15) is 14.0 Å². The van der Waals surface area contributed by atoms with E-state index >= 15 is 0 Å². The smallest absolute Gasteiger partial charge is 0.255 e. The zero-order valence-corrected chi connectivity index (χ0v) is 13.0. The number of amides is 2. The van der Waals surface area contributed by atoms with Gasteiger partial charge >= 0.3 is 0 Å². The minimum absolute atomic E-state index is 0.00169. The van der Waals surface area contributed by atoms with E-state index in [-0.39, 0.29) is 16.8 Å². The largest absolute Gasteiger partial charge is 0.340 e. The number of halogens is 2. The van der Waals surface area contributed by atoms with Crippen LogP contribution in [-0.2, 0) is 11.8 Å². The van der Waals surface area contributed by atoms with Crippen LogP contribution in [0.25, 0.3) is 0 Å². The summed E-state index contributed by atoms with van der Waals surface area (Å²) in [6.07, 6.45) is 3.46. The van der Waals surface area contributed by atoms with Gasteiger partial charge in [-0.25, -0.2) is 4.39 Å². The molecule has 1 fully saturated rings. The van der Waals surface area contributed by atoms with Crippen molar-refractivity contribution in [2.45, 2.75) is 12.5 Å². The molecule has 6 nitrogen and oxygen atoms in total. The minimum atomic E-state index is -0.638. The number of nitrogens with zero attached hydrogens (tertiary/aromatic N) is 3.